The minimum absolute atomic E-state index is 0.124. The second kappa shape index (κ2) is 16.5. The highest BCUT2D eigenvalue weighted by Crippen LogP contribution is 2.55. The molecule has 4 heterocycles. The lowest BCUT2D eigenvalue weighted by Gasteiger charge is -2.49. The first-order chi connectivity index (χ1) is 24.5. The first-order valence-corrected chi connectivity index (χ1v) is 20.4. The number of esters is 1. The molecule has 4 aliphatic heterocycles. The molecule has 11 unspecified atom stereocenters. The Hall–Kier alpha value is -1.88. The number of aliphatic hydroxyl groups is 2. The van der Waals surface area contributed by atoms with Gasteiger partial charge in [0.25, 0.3) is 0 Å². The van der Waals surface area contributed by atoms with Gasteiger partial charge in [-0.15, -0.1) is 0 Å². The highest BCUT2D eigenvalue weighted by molar-refractivity contribution is 5.86. The Kier molecular flexibility index (Phi) is 13.1. The number of nitrogens with two attached hydrogens (primary N) is 1. The Morgan fingerprint density at radius 1 is 1.17 bits per heavy atom. The molecule has 0 radical (unpaired) electrons. The number of rotatable bonds is 15. The van der Waals surface area contributed by atoms with Crippen molar-refractivity contribution in [3.05, 3.63) is 34.9 Å². The van der Waals surface area contributed by atoms with Crippen LogP contribution in [0.2, 0.25) is 0 Å². The van der Waals surface area contributed by atoms with Gasteiger partial charge in [-0.05, 0) is 115 Å². The van der Waals surface area contributed by atoms with Crippen molar-refractivity contribution in [1.29, 1.82) is 0 Å². The molecule has 9 heteroatoms. The lowest BCUT2D eigenvalue weighted by molar-refractivity contribution is -0.384. The quantitative estimate of drug-likeness (QED) is 0.115. The minimum atomic E-state index is -1.10. The van der Waals surface area contributed by atoms with Gasteiger partial charge in [0.05, 0.1) is 24.7 Å². The van der Waals surface area contributed by atoms with Crippen LogP contribution in [0.5, 0.6) is 0 Å². The van der Waals surface area contributed by atoms with Gasteiger partial charge in [-0.3, -0.25) is 9.59 Å². The molecule has 0 bridgehead atoms. The fourth-order valence-corrected chi connectivity index (χ4v) is 9.82. The van der Waals surface area contributed by atoms with Crippen molar-refractivity contribution in [3.63, 3.8) is 0 Å². The minimum Gasteiger partial charge on any atom is -0.458 e. The predicted octanol–water partition coefficient (Wildman–Crippen LogP) is 7.62. The fourth-order valence-electron chi connectivity index (χ4n) is 9.82. The molecule has 4 saturated heterocycles. The van der Waals surface area contributed by atoms with Gasteiger partial charge in [0.15, 0.2) is 5.79 Å². The van der Waals surface area contributed by atoms with Crippen molar-refractivity contribution < 1.29 is 38.7 Å². The zero-order valence-electron chi connectivity index (χ0n) is 33.3. The highest BCUT2D eigenvalue weighted by atomic mass is 16.8. The summed E-state index contributed by atoms with van der Waals surface area (Å²) < 4.78 is 25.2. The van der Waals surface area contributed by atoms with Gasteiger partial charge in [-0.25, -0.2) is 0 Å². The van der Waals surface area contributed by atoms with Crippen molar-refractivity contribution in [3.8, 4) is 0 Å². The van der Waals surface area contributed by atoms with E-state index in [0.29, 0.717) is 96.1 Å². The third-order valence-corrected chi connectivity index (χ3v) is 13.5. The van der Waals surface area contributed by atoms with Crippen molar-refractivity contribution >= 4 is 11.8 Å². The molecule has 5 aliphatic rings. The second-order valence-corrected chi connectivity index (χ2v) is 17.8. The number of hydrogen-bond acceptors (Lipinski definition) is 9. The maximum absolute atomic E-state index is 14.7. The van der Waals surface area contributed by atoms with E-state index >= 15 is 0 Å². The molecular formula is C43H69NO8. The average molecular weight is 728 g/mol. The van der Waals surface area contributed by atoms with Crippen LogP contribution in [0.4, 0.5) is 0 Å². The van der Waals surface area contributed by atoms with E-state index < -0.39 is 28.7 Å². The van der Waals surface area contributed by atoms with Gasteiger partial charge in [-0.1, -0.05) is 51.5 Å². The molecule has 0 aromatic rings. The Morgan fingerprint density at radius 2 is 1.92 bits per heavy atom. The molecule has 5 rings (SSSR count). The van der Waals surface area contributed by atoms with Crippen LogP contribution in [-0.4, -0.2) is 70.6 Å². The van der Waals surface area contributed by atoms with E-state index in [2.05, 4.69) is 33.4 Å². The number of ether oxygens (including phenoxy) is 4. The van der Waals surface area contributed by atoms with Crippen molar-refractivity contribution in [2.75, 3.05) is 13.2 Å². The second-order valence-electron chi connectivity index (χ2n) is 17.8. The van der Waals surface area contributed by atoms with E-state index in [1.807, 2.05) is 27.7 Å². The molecule has 0 aromatic carbocycles. The molecule has 0 aromatic heterocycles. The van der Waals surface area contributed by atoms with E-state index in [1.165, 1.54) is 0 Å². The first-order valence-electron chi connectivity index (χ1n) is 20.4. The summed E-state index contributed by atoms with van der Waals surface area (Å²) >= 11 is 0. The van der Waals surface area contributed by atoms with Crippen LogP contribution in [0.15, 0.2) is 34.9 Å². The zero-order chi connectivity index (χ0) is 38.1. The van der Waals surface area contributed by atoms with Crippen LogP contribution in [0.3, 0.4) is 0 Å². The maximum atomic E-state index is 14.7. The topological polar surface area (TPSA) is 138 Å². The fraction of sp³-hybridized carbons (Fsp3) is 0.814. The number of aliphatic hydroxyl groups excluding tert-OH is 1. The highest BCUT2D eigenvalue weighted by Gasteiger charge is 2.63. The molecular weight excluding hydrogens is 658 g/mol. The van der Waals surface area contributed by atoms with Crippen molar-refractivity contribution in [2.24, 2.45) is 34.8 Å². The predicted molar refractivity (Wildman–Crippen MR) is 202 cm³/mol. The van der Waals surface area contributed by atoms with Crippen LogP contribution < -0.4 is 5.73 Å². The van der Waals surface area contributed by atoms with Crippen LogP contribution in [0.25, 0.3) is 0 Å². The molecule has 52 heavy (non-hydrogen) atoms. The summed E-state index contributed by atoms with van der Waals surface area (Å²) in [6.45, 7) is 19.7. The molecule has 0 amide bonds. The van der Waals surface area contributed by atoms with E-state index in [4.69, 9.17) is 24.7 Å². The number of cyclic esters (lactones) is 1. The van der Waals surface area contributed by atoms with Crippen molar-refractivity contribution in [2.45, 2.75) is 180 Å². The van der Waals surface area contributed by atoms with Gasteiger partial charge < -0.3 is 34.9 Å². The van der Waals surface area contributed by atoms with E-state index in [9.17, 15) is 19.8 Å². The Bertz CT molecular complexity index is 1390. The van der Waals surface area contributed by atoms with Gasteiger partial charge in [0, 0.05) is 43.4 Å². The smallest absolute Gasteiger partial charge is 0.309 e. The number of ketones is 1. The summed E-state index contributed by atoms with van der Waals surface area (Å²) in [7, 11) is 0. The lowest BCUT2D eigenvalue weighted by Crippen LogP contribution is -2.60. The molecule has 4 fully saturated rings. The van der Waals surface area contributed by atoms with E-state index in [-0.39, 0.29) is 41.7 Å². The normalized spacial score (nSPS) is 39.4. The summed E-state index contributed by atoms with van der Waals surface area (Å²) in [6.07, 6.45) is 11.3. The van der Waals surface area contributed by atoms with Crippen LogP contribution >= 0.6 is 0 Å². The lowest BCUT2D eigenvalue weighted by atomic mass is 9.58. The molecule has 1 aliphatic carbocycles. The molecule has 2 spiro atoms. The van der Waals surface area contributed by atoms with Crippen LogP contribution in [0.1, 0.15) is 145 Å². The van der Waals surface area contributed by atoms with E-state index in [1.54, 1.807) is 0 Å². The third-order valence-electron chi connectivity index (χ3n) is 13.5. The molecule has 11 atom stereocenters. The van der Waals surface area contributed by atoms with Gasteiger partial charge in [0.2, 0.25) is 5.79 Å². The maximum Gasteiger partial charge on any atom is 0.309 e. The monoisotopic (exact) mass is 728 g/mol. The van der Waals surface area contributed by atoms with Gasteiger partial charge in [0.1, 0.15) is 17.5 Å². The number of carbonyl (C=O) groups excluding carboxylic acids is 2. The van der Waals surface area contributed by atoms with Crippen LogP contribution in [0, 0.1) is 29.1 Å². The number of allylic oxidation sites excluding steroid dienone is 2. The average Bonchev–Trinajstić information content (AvgIpc) is 3.77. The molecule has 294 valence electrons. The Balaban J connectivity index is 1.29. The van der Waals surface area contributed by atoms with Crippen LogP contribution in [-0.2, 0) is 28.5 Å². The summed E-state index contributed by atoms with van der Waals surface area (Å²) in [4.78, 5) is 27.2. The molecule has 9 nitrogen and oxygen atoms in total. The van der Waals surface area contributed by atoms with E-state index in [0.717, 1.165) is 41.6 Å². The summed E-state index contributed by atoms with van der Waals surface area (Å²) in [6, 6.07) is 0. The Morgan fingerprint density at radius 3 is 2.56 bits per heavy atom. The number of Topliss-reactive ketones (excluding diaryl/α,β-unsaturated/α-hetero) is 1. The SMILES string of the molecule is C=C(CCCC(=O)C1(CCC(C)CN)CCC(C2CC(C)C(=O)O2)=C(C)C1/C=C(\C)C(O)CC)CC1CCC(C)(O)C2(CCC3(CC(C)CO3)O2)O1. The molecule has 4 N–H and O–H groups in total. The summed E-state index contributed by atoms with van der Waals surface area (Å²) in [5.74, 6) is -1.32. The third kappa shape index (κ3) is 8.50. The number of carbonyl (C=O) groups is 2. The molecule has 0 saturated carbocycles. The summed E-state index contributed by atoms with van der Waals surface area (Å²) in [5.41, 5.74) is 8.49. The van der Waals surface area contributed by atoms with Crippen molar-refractivity contribution in [1.82, 2.24) is 0 Å². The first kappa shape index (κ1) is 41.3. The number of hydrogen-bond donors (Lipinski definition) is 3. The standard InChI is InChI=1S/C43H69NO8/c1-9-36(45)30(5)22-35-32(7)34(37-23-31(6)39(47)50-37)15-18-41(35,17-13-28(3)25-44)38(46)12-10-11-27(2)21-33-14-16-40(8,48)43(51-33)20-19-42(52-43)24-29(4)26-49-42/h22,28-29,31,33,35-37,45,48H,2,9-21,23-26,44H2,1,3-8H3/b30-22+. The largest absolute Gasteiger partial charge is 0.458 e. The zero-order valence-corrected chi connectivity index (χ0v) is 33.3. The summed E-state index contributed by atoms with van der Waals surface area (Å²) in [5, 5.41) is 22.3. The van der Waals surface area contributed by atoms with Gasteiger partial charge in [-0.2, -0.15) is 0 Å². The van der Waals surface area contributed by atoms with Gasteiger partial charge >= 0.3 is 5.97 Å². The Labute approximate surface area is 313 Å².